The summed E-state index contributed by atoms with van der Waals surface area (Å²) in [6.07, 6.45) is 0. The van der Waals surface area contributed by atoms with Crippen molar-refractivity contribution in [2.24, 2.45) is 0 Å². The van der Waals surface area contributed by atoms with Gasteiger partial charge in [0.1, 0.15) is 5.75 Å². The molecule has 0 saturated carbocycles. The summed E-state index contributed by atoms with van der Waals surface area (Å²) in [5.74, 6) is 0.776. The fourth-order valence-electron chi connectivity index (χ4n) is 0.782. The van der Waals surface area contributed by atoms with Crippen LogP contribution in [0.4, 0.5) is 0 Å². The van der Waals surface area contributed by atoms with Crippen LogP contribution in [-0.2, 0) is 0 Å². The SMILES string of the molecule is COc1ccccc1SP(O)S. The van der Waals surface area contributed by atoms with Crippen molar-refractivity contribution in [2.75, 3.05) is 7.11 Å². The largest absolute Gasteiger partial charge is 0.496 e. The zero-order chi connectivity index (χ0) is 8.97. The highest BCUT2D eigenvalue weighted by atomic mass is 33.1. The lowest BCUT2D eigenvalue weighted by molar-refractivity contribution is 0.405. The molecule has 0 heterocycles. The van der Waals surface area contributed by atoms with Crippen molar-refractivity contribution in [3.05, 3.63) is 24.3 Å². The lowest BCUT2D eigenvalue weighted by Crippen LogP contribution is -1.83. The number of methoxy groups -OCH3 is 1. The fourth-order valence-corrected chi connectivity index (χ4v) is 3.11. The van der Waals surface area contributed by atoms with E-state index in [0.29, 0.717) is 0 Å². The molecule has 2 nitrogen and oxygen atoms in total. The number of hydrogen-bond acceptors (Lipinski definition) is 4. The van der Waals surface area contributed by atoms with Gasteiger partial charge < -0.3 is 9.63 Å². The lowest BCUT2D eigenvalue weighted by atomic mass is 10.3. The minimum Gasteiger partial charge on any atom is -0.496 e. The summed E-state index contributed by atoms with van der Waals surface area (Å²) in [5, 5.41) is 0. The predicted octanol–water partition coefficient (Wildman–Crippen LogP) is 2.94. The number of thiol groups is 1. The minimum absolute atomic E-state index is 0.776. The van der Waals surface area contributed by atoms with Gasteiger partial charge in [0.25, 0.3) is 0 Å². The highest BCUT2D eigenvalue weighted by Crippen LogP contribution is 2.55. The number of ether oxygens (including phenoxy) is 1. The summed E-state index contributed by atoms with van der Waals surface area (Å²) >= 11 is 5.23. The van der Waals surface area contributed by atoms with Crippen LogP contribution in [0.1, 0.15) is 0 Å². The summed E-state index contributed by atoms with van der Waals surface area (Å²) in [7, 11) is 1.61. The molecule has 0 radical (unpaired) electrons. The third kappa shape index (κ3) is 2.87. The van der Waals surface area contributed by atoms with Crippen molar-refractivity contribution < 1.29 is 9.63 Å². The molecule has 1 atom stereocenters. The smallest absolute Gasteiger partial charge is 0.151 e. The molecule has 1 rings (SSSR count). The molecule has 1 unspecified atom stereocenters. The van der Waals surface area contributed by atoms with Crippen molar-refractivity contribution in [1.82, 2.24) is 0 Å². The van der Waals surface area contributed by atoms with Crippen molar-refractivity contribution in [1.29, 1.82) is 0 Å². The van der Waals surface area contributed by atoms with Gasteiger partial charge in [0.05, 0.1) is 12.0 Å². The molecule has 0 amide bonds. The highest BCUT2D eigenvalue weighted by Gasteiger charge is 2.05. The molecule has 1 aromatic carbocycles. The van der Waals surface area contributed by atoms with Gasteiger partial charge in [0.15, 0.2) is 6.55 Å². The molecular weight excluding hydrogens is 211 g/mol. The van der Waals surface area contributed by atoms with Crippen molar-refractivity contribution in [3.63, 3.8) is 0 Å². The Morgan fingerprint density at radius 3 is 2.75 bits per heavy atom. The van der Waals surface area contributed by atoms with E-state index < -0.39 is 6.55 Å². The summed E-state index contributed by atoms with van der Waals surface area (Å²) in [6.45, 7) is -1.27. The van der Waals surface area contributed by atoms with E-state index in [1.165, 1.54) is 11.4 Å². The Labute approximate surface area is 82.1 Å². The second-order valence-corrected chi connectivity index (χ2v) is 6.66. The highest BCUT2D eigenvalue weighted by molar-refractivity contribution is 8.81. The third-order valence-electron chi connectivity index (χ3n) is 1.25. The number of rotatable bonds is 3. The molecule has 0 aromatic heterocycles. The number of hydrogen-bond donors (Lipinski definition) is 2. The average Bonchev–Trinajstić information content (AvgIpc) is 2.04. The van der Waals surface area contributed by atoms with Crippen molar-refractivity contribution in [2.45, 2.75) is 4.90 Å². The summed E-state index contributed by atoms with van der Waals surface area (Å²) in [4.78, 5) is 9.98. The molecular formula is C7H9O2PS2. The van der Waals surface area contributed by atoms with Gasteiger partial charge in [-0.05, 0) is 12.1 Å². The van der Waals surface area contributed by atoms with E-state index >= 15 is 0 Å². The molecule has 0 spiro atoms. The second-order valence-electron chi connectivity index (χ2n) is 1.99. The first-order valence-corrected chi connectivity index (χ1v) is 7.10. The molecule has 1 N–H and O–H groups in total. The van der Waals surface area contributed by atoms with Gasteiger partial charge in [-0.25, -0.2) is 0 Å². The van der Waals surface area contributed by atoms with E-state index in [-0.39, 0.29) is 0 Å². The summed E-state index contributed by atoms with van der Waals surface area (Å²) < 4.78 is 5.09. The Kier molecular flexibility index (Phi) is 4.22. The first kappa shape index (κ1) is 10.2. The average molecular weight is 220 g/mol. The van der Waals surface area contributed by atoms with E-state index in [4.69, 9.17) is 9.63 Å². The Balaban J connectivity index is 2.82. The molecule has 0 aliphatic heterocycles. The Hall–Kier alpha value is 0.110. The second kappa shape index (κ2) is 4.97. The third-order valence-corrected chi connectivity index (χ3v) is 3.76. The van der Waals surface area contributed by atoms with Gasteiger partial charge in [0.2, 0.25) is 0 Å². The van der Waals surface area contributed by atoms with Gasteiger partial charge in [-0.15, -0.1) is 12.2 Å². The van der Waals surface area contributed by atoms with Gasteiger partial charge in [-0.3, -0.25) is 0 Å². The van der Waals surface area contributed by atoms with Gasteiger partial charge in [-0.1, -0.05) is 23.5 Å². The van der Waals surface area contributed by atoms with E-state index in [1.807, 2.05) is 24.3 Å². The van der Waals surface area contributed by atoms with Crippen LogP contribution in [0.2, 0.25) is 0 Å². The fraction of sp³-hybridized carbons (Fsp3) is 0.143. The van der Waals surface area contributed by atoms with Gasteiger partial charge >= 0.3 is 0 Å². The Bertz CT molecular complexity index is 255. The predicted molar refractivity (Wildman–Crippen MR) is 57.0 cm³/mol. The molecule has 0 aliphatic rings. The maximum Gasteiger partial charge on any atom is 0.151 e. The van der Waals surface area contributed by atoms with Crippen molar-refractivity contribution in [3.8, 4) is 5.75 Å². The maximum atomic E-state index is 9.06. The maximum absolute atomic E-state index is 9.06. The quantitative estimate of drug-likeness (QED) is 0.606. The monoisotopic (exact) mass is 220 g/mol. The molecule has 66 valence electrons. The van der Waals surface area contributed by atoms with Crippen molar-refractivity contribution >= 4 is 30.2 Å². The normalized spacial score (nSPS) is 12.6. The van der Waals surface area contributed by atoms with Crippen LogP contribution in [0.25, 0.3) is 0 Å². The standard InChI is InChI=1S/C7H9O2PS2/c1-9-6-4-2-3-5-7(6)12-10(8)11/h2-5,8,11H,1H3. The topological polar surface area (TPSA) is 29.5 Å². The van der Waals surface area contributed by atoms with Crippen LogP contribution in [0.5, 0.6) is 5.75 Å². The number of para-hydroxylation sites is 1. The number of benzene rings is 1. The Morgan fingerprint density at radius 1 is 1.50 bits per heavy atom. The molecule has 1 aromatic rings. The Morgan fingerprint density at radius 2 is 2.17 bits per heavy atom. The first-order valence-electron chi connectivity index (χ1n) is 3.23. The molecule has 0 fully saturated rings. The molecule has 12 heavy (non-hydrogen) atoms. The van der Waals surface area contributed by atoms with Gasteiger partial charge in [0, 0.05) is 0 Å². The van der Waals surface area contributed by atoms with E-state index in [2.05, 4.69) is 12.2 Å². The van der Waals surface area contributed by atoms with Crippen LogP contribution in [0.15, 0.2) is 29.2 Å². The van der Waals surface area contributed by atoms with E-state index in [1.54, 1.807) is 7.11 Å². The lowest BCUT2D eigenvalue weighted by Gasteiger charge is -2.07. The van der Waals surface area contributed by atoms with Crippen LogP contribution in [0, 0.1) is 0 Å². The molecule has 0 bridgehead atoms. The first-order chi connectivity index (χ1) is 5.74. The van der Waals surface area contributed by atoms with Gasteiger partial charge in [-0.2, -0.15) is 0 Å². The zero-order valence-corrected chi connectivity index (χ0v) is 9.07. The van der Waals surface area contributed by atoms with Crippen LogP contribution in [0.3, 0.4) is 0 Å². The molecule has 5 heteroatoms. The molecule has 0 saturated heterocycles. The van der Waals surface area contributed by atoms with Crippen LogP contribution >= 0.6 is 30.2 Å². The molecule has 0 aliphatic carbocycles. The summed E-state index contributed by atoms with van der Waals surface area (Å²) in [5.41, 5.74) is 0. The van der Waals surface area contributed by atoms with E-state index in [9.17, 15) is 0 Å². The minimum atomic E-state index is -1.27. The zero-order valence-electron chi connectivity index (χ0n) is 6.47. The van der Waals surface area contributed by atoms with Crippen LogP contribution < -0.4 is 4.74 Å². The van der Waals surface area contributed by atoms with Crippen LogP contribution in [-0.4, -0.2) is 12.0 Å². The summed E-state index contributed by atoms with van der Waals surface area (Å²) in [6, 6.07) is 7.54. The van der Waals surface area contributed by atoms with E-state index in [0.717, 1.165) is 10.6 Å².